The van der Waals surface area contributed by atoms with E-state index in [4.69, 9.17) is 9.47 Å². The second-order valence-electron chi connectivity index (χ2n) is 12.0. The van der Waals surface area contributed by atoms with Gasteiger partial charge in [-0.15, -0.1) is 0 Å². The lowest BCUT2D eigenvalue weighted by atomic mass is 9.93. The quantitative estimate of drug-likeness (QED) is 0.222. The second-order valence-corrected chi connectivity index (χ2v) is 12.0. The number of fused-ring (bicyclic) bond motifs is 1. The van der Waals surface area contributed by atoms with E-state index >= 15 is 0 Å². The van der Waals surface area contributed by atoms with Crippen LogP contribution in [0, 0.1) is 5.92 Å². The number of carboxylic acids is 1. The number of pyridine rings is 1. The first-order chi connectivity index (χ1) is 23.6. The van der Waals surface area contributed by atoms with Gasteiger partial charge in [-0.3, -0.25) is 9.69 Å². The molecule has 2 atom stereocenters. The highest BCUT2D eigenvalue weighted by Crippen LogP contribution is 2.41. The molecule has 1 amide bonds. The van der Waals surface area contributed by atoms with E-state index in [1.807, 2.05) is 6.92 Å². The Kier molecular flexibility index (Phi) is 10.6. The normalized spacial score (nSPS) is 18.4. The zero-order valence-corrected chi connectivity index (χ0v) is 27.4. The number of benzene rings is 1. The molecule has 5 rings (SSSR count). The molecular formula is C33H36F6N6O5. The van der Waals surface area contributed by atoms with E-state index in [0.717, 1.165) is 0 Å². The first-order valence-electron chi connectivity index (χ1n) is 16.0. The van der Waals surface area contributed by atoms with Crippen molar-refractivity contribution in [2.75, 3.05) is 41.9 Å². The molecule has 0 bridgehead atoms. The van der Waals surface area contributed by atoms with Gasteiger partial charge in [-0.2, -0.15) is 26.3 Å². The standard InChI is InChI=1S/C33H36F6N6O5/c1-4-22-16-24(28-25(6-7-27(43-28)49-3)45(22)31(48)50-5-2)42-30-40-17-26(44-10-8-19(9-11-44)29(46)47)23(41-30)14-18-12-20(32(34,35)36)15-21(13-18)33(37,38)39/h6-7,12-13,15,17,19,22,24H,4-5,8-11,14,16H2,1-3H3,(H,46,47)(H,40,41,42)/t22-,24+/m1/s1. The fourth-order valence-corrected chi connectivity index (χ4v) is 6.34. The molecule has 0 aliphatic carbocycles. The minimum atomic E-state index is -5.04. The minimum absolute atomic E-state index is 0.0206. The molecule has 270 valence electrons. The Morgan fingerprint density at radius 2 is 1.64 bits per heavy atom. The number of nitrogens with one attached hydrogen (secondary N) is 1. The number of amides is 1. The van der Waals surface area contributed by atoms with E-state index in [-0.39, 0.29) is 67.7 Å². The topological polar surface area (TPSA) is 130 Å². The molecule has 50 heavy (non-hydrogen) atoms. The maximum Gasteiger partial charge on any atom is 0.416 e. The van der Waals surface area contributed by atoms with Crippen molar-refractivity contribution in [3.8, 4) is 5.88 Å². The van der Waals surface area contributed by atoms with Gasteiger partial charge in [-0.1, -0.05) is 6.92 Å². The predicted octanol–water partition coefficient (Wildman–Crippen LogP) is 7.11. The molecule has 2 aliphatic rings. The zero-order chi connectivity index (χ0) is 36.4. The number of methoxy groups -OCH3 is 1. The van der Waals surface area contributed by atoms with E-state index in [1.165, 1.54) is 18.2 Å². The van der Waals surface area contributed by atoms with Gasteiger partial charge >= 0.3 is 24.4 Å². The Labute approximate surface area is 283 Å². The molecule has 2 N–H and O–H groups in total. The highest BCUT2D eigenvalue weighted by atomic mass is 19.4. The monoisotopic (exact) mass is 710 g/mol. The number of ether oxygens (including phenoxy) is 2. The molecule has 1 fully saturated rings. The molecule has 11 nitrogen and oxygen atoms in total. The Balaban J connectivity index is 1.56. The van der Waals surface area contributed by atoms with E-state index in [0.29, 0.717) is 42.0 Å². The maximum atomic E-state index is 13.7. The van der Waals surface area contributed by atoms with Gasteiger partial charge in [0.15, 0.2) is 0 Å². The minimum Gasteiger partial charge on any atom is -0.481 e. The maximum absolute atomic E-state index is 13.7. The lowest BCUT2D eigenvalue weighted by Crippen LogP contribution is -2.46. The predicted molar refractivity (Wildman–Crippen MR) is 169 cm³/mol. The largest absolute Gasteiger partial charge is 0.481 e. The zero-order valence-electron chi connectivity index (χ0n) is 27.4. The summed E-state index contributed by atoms with van der Waals surface area (Å²) in [4.78, 5) is 41.5. The van der Waals surface area contributed by atoms with Gasteiger partial charge in [0.2, 0.25) is 11.8 Å². The number of carboxylic acid groups (broad SMARTS) is 1. The van der Waals surface area contributed by atoms with Crippen molar-refractivity contribution >= 4 is 29.4 Å². The lowest BCUT2D eigenvalue weighted by Gasteiger charge is -2.39. The summed E-state index contributed by atoms with van der Waals surface area (Å²) >= 11 is 0. The lowest BCUT2D eigenvalue weighted by molar-refractivity contribution is -0.144. The summed E-state index contributed by atoms with van der Waals surface area (Å²) in [6, 6.07) is 3.74. The molecule has 3 aromatic rings. The molecule has 2 aliphatic heterocycles. The van der Waals surface area contributed by atoms with Gasteiger partial charge in [0, 0.05) is 31.6 Å². The summed E-state index contributed by atoms with van der Waals surface area (Å²) in [6.45, 7) is 4.27. The number of anilines is 3. The third-order valence-corrected chi connectivity index (χ3v) is 8.84. The summed E-state index contributed by atoms with van der Waals surface area (Å²) in [5.74, 6) is -1.26. The van der Waals surface area contributed by atoms with Crippen LogP contribution in [0.25, 0.3) is 0 Å². The Morgan fingerprint density at radius 3 is 2.20 bits per heavy atom. The molecule has 0 saturated carbocycles. The number of nitrogens with zero attached hydrogens (tertiary/aromatic N) is 5. The average Bonchev–Trinajstić information content (AvgIpc) is 3.07. The van der Waals surface area contributed by atoms with Crippen LogP contribution in [-0.2, 0) is 28.3 Å². The summed E-state index contributed by atoms with van der Waals surface area (Å²) in [7, 11) is 1.43. The summed E-state index contributed by atoms with van der Waals surface area (Å²) in [5.41, 5.74) is -1.80. The van der Waals surface area contributed by atoms with Crippen LogP contribution < -0.4 is 19.9 Å². The fraction of sp³-hybridized carbons (Fsp3) is 0.485. The van der Waals surface area contributed by atoms with Crippen LogP contribution in [0.3, 0.4) is 0 Å². The number of aromatic nitrogens is 3. The van der Waals surface area contributed by atoms with Crippen LogP contribution in [0.2, 0.25) is 0 Å². The first-order valence-corrected chi connectivity index (χ1v) is 16.0. The second kappa shape index (κ2) is 14.6. The number of piperidine rings is 1. The third kappa shape index (κ3) is 7.97. The van der Waals surface area contributed by atoms with Crippen molar-refractivity contribution in [2.45, 2.75) is 70.4 Å². The van der Waals surface area contributed by atoms with Crippen LogP contribution in [0.15, 0.2) is 36.5 Å². The summed E-state index contributed by atoms with van der Waals surface area (Å²) in [6.07, 6.45) is -8.20. The van der Waals surface area contributed by atoms with Crippen LogP contribution in [0.1, 0.15) is 73.7 Å². The van der Waals surface area contributed by atoms with Crippen molar-refractivity contribution in [3.05, 3.63) is 64.6 Å². The Bertz CT molecular complexity index is 1680. The van der Waals surface area contributed by atoms with Crippen molar-refractivity contribution < 1.29 is 50.5 Å². The Hall–Kier alpha value is -4.83. The van der Waals surface area contributed by atoms with Crippen molar-refractivity contribution in [1.82, 2.24) is 15.0 Å². The average molecular weight is 711 g/mol. The number of carbonyl (C=O) groups is 2. The van der Waals surface area contributed by atoms with Gasteiger partial charge in [-0.05, 0) is 62.4 Å². The number of hydrogen-bond acceptors (Lipinski definition) is 9. The third-order valence-electron chi connectivity index (χ3n) is 8.84. The van der Waals surface area contributed by atoms with E-state index in [1.54, 1.807) is 24.0 Å². The number of hydrogen-bond donors (Lipinski definition) is 2. The molecule has 1 saturated heterocycles. The van der Waals surface area contributed by atoms with Gasteiger partial charge in [-0.25, -0.2) is 19.7 Å². The number of aliphatic carboxylic acids is 1. The first kappa shape index (κ1) is 36.5. The van der Waals surface area contributed by atoms with Gasteiger partial charge in [0.05, 0.1) is 65.8 Å². The van der Waals surface area contributed by atoms with Crippen LogP contribution in [0.5, 0.6) is 5.88 Å². The van der Waals surface area contributed by atoms with Crippen molar-refractivity contribution in [1.29, 1.82) is 0 Å². The molecule has 17 heteroatoms. The van der Waals surface area contributed by atoms with E-state index in [2.05, 4.69) is 20.3 Å². The molecule has 0 radical (unpaired) electrons. The van der Waals surface area contributed by atoms with Gasteiger partial charge in [0.25, 0.3) is 0 Å². The van der Waals surface area contributed by atoms with Gasteiger partial charge < -0.3 is 24.8 Å². The van der Waals surface area contributed by atoms with E-state index < -0.39 is 53.9 Å². The highest BCUT2D eigenvalue weighted by molar-refractivity contribution is 5.90. The van der Waals surface area contributed by atoms with Crippen LogP contribution in [0.4, 0.5) is 48.5 Å². The molecule has 2 aromatic heterocycles. The molecule has 1 aromatic carbocycles. The SMILES string of the molecule is CCOC(=O)N1c2ccc(OC)nc2[C@@H](Nc2ncc(N3CCC(C(=O)O)CC3)c(Cc3cc(C(F)(F)F)cc(C(F)(F)F)c3)n2)C[C@H]1CC. The smallest absolute Gasteiger partial charge is 0.416 e. The van der Waals surface area contributed by atoms with Crippen molar-refractivity contribution in [2.24, 2.45) is 5.92 Å². The van der Waals surface area contributed by atoms with Crippen molar-refractivity contribution in [3.63, 3.8) is 0 Å². The molecule has 4 heterocycles. The number of alkyl halides is 6. The molecular weight excluding hydrogens is 674 g/mol. The summed E-state index contributed by atoms with van der Waals surface area (Å²) in [5, 5.41) is 12.7. The van der Waals surface area contributed by atoms with Crippen LogP contribution >= 0.6 is 0 Å². The van der Waals surface area contributed by atoms with Crippen LogP contribution in [-0.4, -0.2) is 65.0 Å². The van der Waals surface area contributed by atoms with E-state index in [9.17, 15) is 41.0 Å². The molecule has 0 unspecified atom stereocenters. The Morgan fingerprint density at radius 1 is 0.980 bits per heavy atom. The molecule has 0 spiro atoms. The fourth-order valence-electron chi connectivity index (χ4n) is 6.34. The summed E-state index contributed by atoms with van der Waals surface area (Å²) < 4.78 is 93.0. The number of rotatable bonds is 9. The van der Waals surface area contributed by atoms with Gasteiger partial charge in [0.1, 0.15) is 0 Å². The number of carbonyl (C=O) groups excluding carboxylic acids is 1. The highest BCUT2D eigenvalue weighted by Gasteiger charge is 2.39. The number of halogens is 6.